The van der Waals surface area contributed by atoms with E-state index in [4.69, 9.17) is 10.5 Å². The molecule has 2 amide bonds. The Morgan fingerprint density at radius 1 is 1.20 bits per heavy atom. The number of hydrogen-bond donors (Lipinski definition) is 2. The molecule has 0 aliphatic carbocycles. The van der Waals surface area contributed by atoms with E-state index in [0.717, 1.165) is 22.7 Å². The quantitative estimate of drug-likeness (QED) is 0.495. The molecule has 3 aromatic rings. The van der Waals surface area contributed by atoms with Gasteiger partial charge in [0, 0.05) is 31.6 Å². The van der Waals surface area contributed by atoms with Crippen molar-refractivity contribution >= 4 is 17.5 Å². The van der Waals surface area contributed by atoms with Gasteiger partial charge >= 0.3 is 0 Å². The van der Waals surface area contributed by atoms with Crippen molar-refractivity contribution in [1.29, 1.82) is 0 Å². The Morgan fingerprint density at radius 3 is 2.71 bits per heavy atom. The third kappa shape index (κ3) is 6.02. The highest BCUT2D eigenvalue weighted by Gasteiger charge is 2.34. The van der Waals surface area contributed by atoms with Gasteiger partial charge in [0.15, 0.2) is 0 Å². The van der Waals surface area contributed by atoms with Crippen LogP contribution in [0.3, 0.4) is 0 Å². The Bertz CT molecular complexity index is 1190. The SMILES string of the molecule is COc1ccc(CCN2C(=O)C(NC(=O)C[C@H](N)Cc3ccccc3F)Cc3ncccc32)cc1. The molecule has 0 bridgehead atoms. The van der Waals surface area contributed by atoms with E-state index in [0.29, 0.717) is 24.9 Å². The minimum atomic E-state index is -0.735. The Kier molecular flexibility index (Phi) is 7.72. The van der Waals surface area contributed by atoms with Crippen LogP contribution in [-0.4, -0.2) is 42.5 Å². The van der Waals surface area contributed by atoms with Gasteiger partial charge in [-0.15, -0.1) is 0 Å². The van der Waals surface area contributed by atoms with Crippen molar-refractivity contribution in [3.63, 3.8) is 0 Å². The van der Waals surface area contributed by atoms with E-state index in [1.165, 1.54) is 6.07 Å². The molecule has 1 unspecified atom stereocenters. The largest absolute Gasteiger partial charge is 0.497 e. The van der Waals surface area contributed by atoms with Crippen molar-refractivity contribution in [3.05, 3.63) is 89.5 Å². The minimum Gasteiger partial charge on any atom is -0.497 e. The first-order valence-corrected chi connectivity index (χ1v) is 11.6. The van der Waals surface area contributed by atoms with Gasteiger partial charge in [-0.1, -0.05) is 30.3 Å². The Morgan fingerprint density at radius 2 is 1.97 bits per heavy atom. The number of carbonyl (C=O) groups excluding carboxylic acids is 2. The predicted octanol–water partition coefficient (Wildman–Crippen LogP) is 2.81. The number of nitrogens with one attached hydrogen (secondary N) is 1. The van der Waals surface area contributed by atoms with Crippen LogP contribution >= 0.6 is 0 Å². The monoisotopic (exact) mass is 476 g/mol. The highest BCUT2D eigenvalue weighted by molar-refractivity contribution is 6.01. The van der Waals surface area contributed by atoms with Crippen LogP contribution in [0.25, 0.3) is 0 Å². The molecule has 182 valence electrons. The first-order chi connectivity index (χ1) is 16.9. The van der Waals surface area contributed by atoms with E-state index in [1.807, 2.05) is 30.3 Å². The summed E-state index contributed by atoms with van der Waals surface area (Å²) in [6.45, 7) is 0.447. The lowest BCUT2D eigenvalue weighted by Gasteiger charge is -2.34. The van der Waals surface area contributed by atoms with Gasteiger partial charge in [0.2, 0.25) is 11.8 Å². The van der Waals surface area contributed by atoms with Crippen LogP contribution in [0.5, 0.6) is 5.75 Å². The van der Waals surface area contributed by atoms with Crippen molar-refractivity contribution in [2.24, 2.45) is 5.73 Å². The second kappa shape index (κ2) is 11.1. The van der Waals surface area contributed by atoms with Crippen molar-refractivity contribution < 1.29 is 18.7 Å². The maximum atomic E-state index is 13.9. The molecule has 0 fully saturated rings. The molecule has 4 rings (SSSR count). The molecule has 1 aliphatic rings. The van der Waals surface area contributed by atoms with E-state index in [1.54, 1.807) is 42.5 Å². The molecule has 0 saturated heterocycles. The summed E-state index contributed by atoms with van der Waals surface area (Å²) in [6.07, 6.45) is 2.84. The maximum absolute atomic E-state index is 13.9. The summed E-state index contributed by atoms with van der Waals surface area (Å²) in [4.78, 5) is 32.2. The zero-order chi connectivity index (χ0) is 24.8. The number of amides is 2. The van der Waals surface area contributed by atoms with Gasteiger partial charge < -0.3 is 20.7 Å². The van der Waals surface area contributed by atoms with Gasteiger partial charge in [0.1, 0.15) is 17.6 Å². The van der Waals surface area contributed by atoms with Crippen LogP contribution < -0.4 is 20.7 Å². The van der Waals surface area contributed by atoms with Crippen LogP contribution in [0.4, 0.5) is 10.1 Å². The summed E-state index contributed by atoms with van der Waals surface area (Å²) in [5.41, 5.74) is 9.14. The summed E-state index contributed by atoms with van der Waals surface area (Å²) in [5, 5.41) is 2.82. The summed E-state index contributed by atoms with van der Waals surface area (Å²) in [7, 11) is 1.62. The van der Waals surface area contributed by atoms with Crippen molar-refractivity contribution in [2.75, 3.05) is 18.6 Å². The first kappa shape index (κ1) is 24.3. The first-order valence-electron chi connectivity index (χ1n) is 11.6. The molecule has 8 heteroatoms. The summed E-state index contributed by atoms with van der Waals surface area (Å²) in [5.74, 6) is -0.106. The number of fused-ring (bicyclic) bond motifs is 1. The molecule has 0 radical (unpaired) electrons. The molecule has 2 atom stereocenters. The Labute approximate surface area is 204 Å². The highest BCUT2D eigenvalue weighted by Crippen LogP contribution is 2.26. The van der Waals surface area contributed by atoms with Crippen LogP contribution in [0, 0.1) is 5.82 Å². The zero-order valence-electron chi connectivity index (χ0n) is 19.6. The van der Waals surface area contributed by atoms with Gasteiger partial charge in [-0.3, -0.25) is 14.6 Å². The lowest BCUT2D eigenvalue weighted by molar-refractivity contribution is -0.128. The third-order valence-electron chi connectivity index (χ3n) is 6.12. The molecule has 1 aromatic heterocycles. The molecule has 35 heavy (non-hydrogen) atoms. The highest BCUT2D eigenvalue weighted by atomic mass is 19.1. The molecule has 0 spiro atoms. The normalized spacial score (nSPS) is 15.9. The van der Waals surface area contributed by atoms with Crippen molar-refractivity contribution in [1.82, 2.24) is 10.3 Å². The maximum Gasteiger partial charge on any atom is 0.250 e. The number of ether oxygens (including phenoxy) is 1. The summed E-state index contributed by atoms with van der Waals surface area (Å²) in [6, 6.07) is 16.4. The smallest absolute Gasteiger partial charge is 0.250 e. The predicted molar refractivity (Wildman–Crippen MR) is 132 cm³/mol. The van der Waals surface area contributed by atoms with Gasteiger partial charge in [-0.25, -0.2) is 4.39 Å². The molecular formula is C27H29FN4O3. The summed E-state index contributed by atoms with van der Waals surface area (Å²) >= 11 is 0. The zero-order valence-corrected chi connectivity index (χ0v) is 19.6. The number of pyridine rings is 1. The summed E-state index contributed by atoms with van der Waals surface area (Å²) < 4.78 is 19.1. The average Bonchev–Trinajstić information content (AvgIpc) is 2.85. The lowest BCUT2D eigenvalue weighted by Crippen LogP contribution is -2.54. The number of nitrogens with two attached hydrogens (primary N) is 1. The lowest BCUT2D eigenvalue weighted by atomic mass is 9.99. The van der Waals surface area contributed by atoms with Crippen LogP contribution in [-0.2, 0) is 28.9 Å². The molecule has 2 heterocycles. The van der Waals surface area contributed by atoms with Crippen LogP contribution in [0.2, 0.25) is 0 Å². The van der Waals surface area contributed by atoms with E-state index >= 15 is 0 Å². The average molecular weight is 477 g/mol. The number of aromatic nitrogens is 1. The second-order valence-corrected chi connectivity index (χ2v) is 8.64. The number of nitrogens with zero attached hydrogens (tertiary/aromatic N) is 2. The topological polar surface area (TPSA) is 97.5 Å². The number of benzene rings is 2. The van der Waals surface area contributed by atoms with Crippen molar-refractivity contribution in [3.8, 4) is 5.75 Å². The molecule has 2 aromatic carbocycles. The molecule has 0 saturated carbocycles. The van der Waals surface area contributed by atoms with E-state index in [-0.39, 0.29) is 30.5 Å². The molecular weight excluding hydrogens is 447 g/mol. The molecule has 3 N–H and O–H groups in total. The fourth-order valence-electron chi connectivity index (χ4n) is 4.31. The fourth-order valence-corrected chi connectivity index (χ4v) is 4.31. The van der Waals surface area contributed by atoms with E-state index in [2.05, 4.69) is 10.3 Å². The number of methoxy groups -OCH3 is 1. The van der Waals surface area contributed by atoms with Crippen molar-refractivity contribution in [2.45, 2.75) is 37.8 Å². The van der Waals surface area contributed by atoms with Gasteiger partial charge in [0.25, 0.3) is 0 Å². The fraction of sp³-hybridized carbons (Fsp3) is 0.296. The molecule has 1 aliphatic heterocycles. The second-order valence-electron chi connectivity index (χ2n) is 8.64. The van der Waals surface area contributed by atoms with E-state index in [9.17, 15) is 14.0 Å². The number of hydrogen-bond acceptors (Lipinski definition) is 5. The van der Waals surface area contributed by atoms with E-state index < -0.39 is 12.1 Å². The van der Waals surface area contributed by atoms with Gasteiger partial charge in [0.05, 0.1) is 18.5 Å². The van der Waals surface area contributed by atoms with Gasteiger partial charge in [-0.2, -0.15) is 0 Å². The van der Waals surface area contributed by atoms with Gasteiger partial charge in [-0.05, 0) is 54.3 Å². The minimum absolute atomic E-state index is 0.0148. The number of halogens is 1. The number of anilines is 1. The number of carbonyl (C=O) groups is 2. The Balaban J connectivity index is 1.41. The molecule has 7 nitrogen and oxygen atoms in total. The Hall–Kier alpha value is -3.78. The van der Waals surface area contributed by atoms with Crippen LogP contribution in [0.15, 0.2) is 66.9 Å². The standard InChI is InChI=1S/C27H29FN4O3/c1-35-21-10-8-18(9-11-21)12-14-32-25-7-4-13-30-23(25)17-24(27(32)34)31-26(33)16-20(29)15-19-5-2-3-6-22(19)28/h2-11,13,20,24H,12,14-17,29H2,1H3,(H,31,33)/t20-,24?/m1/s1. The third-order valence-corrected chi connectivity index (χ3v) is 6.12. The number of rotatable bonds is 9. The van der Waals surface area contributed by atoms with Crippen LogP contribution in [0.1, 0.15) is 23.2 Å².